The van der Waals surface area contributed by atoms with Crippen LogP contribution < -0.4 is 0 Å². The number of rotatable bonds is 1. The van der Waals surface area contributed by atoms with Gasteiger partial charge in [-0.3, -0.25) is 4.79 Å². The van der Waals surface area contributed by atoms with Gasteiger partial charge in [-0.2, -0.15) is 10.1 Å². The van der Waals surface area contributed by atoms with Gasteiger partial charge in [-0.05, 0) is 12.5 Å². The molecule has 3 rings (SSSR count). The summed E-state index contributed by atoms with van der Waals surface area (Å²) in [5, 5.41) is 7.46. The third-order valence-corrected chi connectivity index (χ3v) is 2.62. The number of hydrogen-bond acceptors (Lipinski definition) is 4. The molecule has 2 aliphatic heterocycles. The molecule has 0 atom stereocenters. The number of amides is 1. The first-order chi connectivity index (χ1) is 8.25. The lowest BCUT2D eigenvalue weighted by Gasteiger charge is -2.09. The van der Waals surface area contributed by atoms with Gasteiger partial charge >= 0.3 is 0 Å². The molecule has 1 aromatic rings. The number of fused-ring (bicyclic) bond motifs is 1. The summed E-state index contributed by atoms with van der Waals surface area (Å²) in [7, 11) is 0. The first-order valence-corrected chi connectivity index (χ1v) is 5.15. The van der Waals surface area contributed by atoms with Gasteiger partial charge in [0.15, 0.2) is 11.7 Å². The van der Waals surface area contributed by atoms with Crippen LogP contribution >= 0.6 is 0 Å². The summed E-state index contributed by atoms with van der Waals surface area (Å²) in [4.78, 5) is 19.9. The van der Waals surface area contributed by atoms with Gasteiger partial charge in [0, 0.05) is 5.56 Å². The number of azo groups is 1. The van der Waals surface area contributed by atoms with Gasteiger partial charge in [0.05, 0.1) is 6.20 Å². The van der Waals surface area contributed by atoms with Crippen LogP contribution in [0.2, 0.25) is 0 Å². The molecule has 0 saturated carbocycles. The lowest BCUT2D eigenvalue weighted by atomic mass is 10.1. The lowest BCUT2D eigenvalue weighted by Crippen LogP contribution is -2.17. The fraction of sp³-hybridized carbons (Fsp3) is 0.0833. The first kappa shape index (κ1) is 9.77. The minimum atomic E-state index is -0.335. The molecule has 0 radical (unpaired) electrons. The topological polar surface area (TPSA) is 66.5 Å². The average molecular weight is 224 g/mol. The molecular formula is C12H8N4O. The molecule has 5 nitrogen and oxygen atoms in total. The highest BCUT2D eigenvalue weighted by molar-refractivity contribution is 6.31. The molecule has 0 bridgehead atoms. The Bertz CT molecular complexity index is 638. The van der Waals surface area contributed by atoms with Crippen molar-refractivity contribution >= 4 is 17.6 Å². The van der Waals surface area contributed by atoms with E-state index < -0.39 is 0 Å². The Balaban J connectivity index is 2.12. The molecule has 0 aliphatic carbocycles. The molecule has 0 fully saturated rings. The predicted molar refractivity (Wildman–Crippen MR) is 63.1 cm³/mol. The van der Waals surface area contributed by atoms with E-state index in [1.54, 1.807) is 0 Å². The third-order valence-electron chi connectivity index (χ3n) is 2.62. The van der Waals surface area contributed by atoms with Crippen LogP contribution in [0.5, 0.6) is 0 Å². The summed E-state index contributed by atoms with van der Waals surface area (Å²) >= 11 is 0. The predicted octanol–water partition coefficient (Wildman–Crippen LogP) is 2.03. The number of aliphatic imine (C=N–C) groups is 2. The highest BCUT2D eigenvalue weighted by Crippen LogP contribution is 2.19. The smallest absolute Gasteiger partial charge is 0.266 e. The van der Waals surface area contributed by atoms with Crippen molar-refractivity contribution in [1.29, 1.82) is 0 Å². The van der Waals surface area contributed by atoms with E-state index in [0.29, 0.717) is 17.2 Å². The molecule has 2 heterocycles. The third kappa shape index (κ3) is 1.52. The second-order valence-corrected chi connectivity index (χ2v) is 3.75. The fourth-order valence-electron chi connectivity index (χ4n) is 1.71. The van der Waals surface area contributed by atoms with Crippen LogP contribution in [0.1, 0.15) is 11.1 Å². The zero-order chi connectivity index (χ0) is 11.8. The molecular weight excluding hydrogens is 216 g/mol. The van der Waals surface area contributed by atoms with Gasteiger partial charge in [0.25, 0.3) is 5.91 Å². The molecule has 5 heteroatoms. The van der Waals surface area contributed by atoms with Crippen LogP contribution in [0.25, 0.3) is 0 Å². The van der Waals surface area contributed by atoms with Gasteiger partial charge in [0.2, 0.25) is 0 Å². The van der Waals surface area contributed by atoms with E-state index >= 15 is 0 Å². The molecule has 0 unspecified atom stereocenters. The van der Waals surface area contributed by atoms with Crippen molar-refractivity contribution in [2.24, 2.45) is 20.2 Å². The number of carbonyl (C=O) groups is 1. The Morgan fingerprint density at radius 2 is 1.88 bits per heavy atom. The van der Waals surface area contributed by atoms with Crippen molar-refractivity contribution in [3.8, 4) is 0 Å². The van der Waals surface area contributed by atoms with Crippen molar-refractivity contribution in [2.75, 3.05) is 0 Å². The Labute approximate surface area is 97.3 Å². The van der Waals surface area contributed by atoms with Crippen molar-refractivity contribution in [2.45, 2.75) is 6.92 Å². The first-order valence-electron chi connectivity index (χ1n) is 5.15. The second kappa shape index (κ2) is 3.55. The maximum Gasteiger partial charge on any atom is 0.284 e. The van der Waals surface area contributed by atoms with Crippen molar-refractivity contribution < 1.29 is 4.79 Å². The minimum Gasteiger partial charge on any atom is -0.266 e. The highest BCUT2D eigenvalue weighted by atomic mass is 16.1. The monoisotopic (exact) mass is 224 g/mol. The summed E-state index contributed by atoms with van der Waals surface area (Å²) in [6.45, 7) is 1.95. The fourth-order valence-corrected chi connectivity index (χ4v) is 1.71. The summed E-state index contributed by atoms with van der Waals surface area (Å²) in [6.07, 6.45) is 1.39. The van der Waals surface area contributed by atoms with Gasteiger partial charge in [-0.25, -0.2) is 4.99 Å². The van der Waals surface area contributed by atoms with Crippen LogP contribution in [-0.4, -0.2) is 17.6 Å². The number of aryl methyl sites for hydroxylation is 1. The molecule has 1 amide bonds. The van der Waals surface area contributed by atoms with Gasteiger partial charge < -0.3 is 0 Å². The second-order valence-electron chi connectivity index (χ2n) is 3.75. The van der Waals surface area contributed by atoms with E-state index in [4.69, 9.17) is 0 Å². The van der Waals surface area contributed by atoms with Crippen LogP contribution in [0.4, 0.5) is 0 Å². The normalized spacial score (nSPS) is 17.5. The standard InChI is InChI=1S/C12H8N4O/c1-7-4-2-3-5-8(7)10-14-11-9(6-13-16-11)12(17)15-10/h2-6H,1H3. The van der Waals surface area contributed by atoms with Gasteiger partial charge in [0.1, 0.15) is 5.57 Å². The Hall–Kier alpha value is -2.43. The van der Waals surface area contributed by atoms with E-state index in [-0.39, 0.29) is 5.91 Å². The van der Waals surface area contributed by atoms with Crippen molar-refractivity contribution in [3.05, 3.63) is 47.2 Å². The zero-order valence-electron chi connectivity index (χ0n) is 9.08. The largest absolute Gasteiger partial charge is 0.284 e. The molecule has 2 aliphatic rings. The molecule has 0 spiro atoms. The minimum absolute atomic E-state index is 0.335. The maximum absolute atomic E-state index is 11.7. The summed E-state index contributed by atoms with van der Waals surface area (Å²) < 4.78 is 0. The Morgan fingerprint density at radius 3 is 2.71 bits per heavy atom. The molecule has 17 heavy (non-hydrogen) atoms. The number of nitrogens with zero attached hydrogens (tertiary/aromatic N) is 4. The summed E-state index contributed by atoms with van der Waals surface area (Å²) in [6, 6.07) is 7.64. The van der Waals surface area contributed by atoms with E-state index in [9.17, 15) is 4.79 Å². The van der Waals surface area contributed by atoms with Crippen LogP contribution in [0.15, 0.2) is 56.3 Å². The van der Waals surface area contributed by atoms with Gasteiger partial charge in [-0.1, -0.05) is 24.3 Å². The highest BCUT2D eigenvalue weighted by Gasteiger charge is 2.25. The molecule has 1 aromatic carbocycles. The van der Waals surface area contributed by atoms with E-state index in [1.165, 1.54) is 6.20 Å². The van der Waals surface area contributed by atoms with Gasteiger partial charge in [-0.15, -0.1) is 5.11 Å². The van der Waals surface area contributed by atoms with E-state index in [1.807, 2.05) is 31.2 Å². The quantitative estimate of drug-likeness (QED) is 0.719. The molecule has 0 N–H and O–H groups in total. The number of carbonyl (C=O) groups excluding carboxylic acids is 1. The molecule has 0 aromatic heterocycles. The number of hydrogen-bond donors (Lipinski definition) is 0. The van der Waals surface area contributed by atoms with Crippen molar-refractivity contribution in [1.82, 2.24) is 0 Å². The molecule has 82 valence electrons. The van der Waals surface area contributed by atoms with E-state index in [2.05, 4.69) is 20.2 Å². The maximum atomic E-state index is 11.7. The number of benzene rings is 1. The molecule has 0 saturated heterocycles. The Morgan fingerprint density at radius 1 is 1.06 bits per heavy atom. The lowest BCUT2D eigenvalue weighted by molar-refractivity contribution is -0.113. The van der Waals surface area contributed by atoms with E-state index in [0.717, 1.165) is 11.1 Å². The SMILES string of the molecule is Cc1ccccc1C1=NC(=O)C2=CN=NC2=N1. The summed E-state index contributed by atoms with van der Waals surface area (Å²) in [5.74, 6) is 0.419. The van der Waals surface area contributed by atoms with Crippen LogP contribution in [-0.2, 0) is 4.79 Å². The average Bonchev–Trinajstić information content (AvgIpc) is 2.78. The van der Waals surface area contributed by atoms with Crippen LogP contribution in [0, 0.1) is 6.92 Å². The Kier molecular flexibility index (Phi) is 2.04. The zero-order valence-corrected chi connectivity index (χ0v) is 9.08. The summed E-state index contributed by atoms with van der Waals surface area (Å²) in [5.41, 5.74) is 2.22. The number of amidine groups is 2. The van der Waals surface area contributed by atoms with Crippen LogP contribution in [0.3, 0.4) is 0 Å². The van der Waals surface area contributed by atoms with Crippen molar-refractivity contribution in [3.63, 3.8) is 0 Å².